The highest BCUT2D eigenvalue weighted by molar-refractivity contribution is 5.66. The molecule has 0 aliphatic heterocycles. The lowest BCUT2D eigenvalue weighted by Crippen LogP contribution is -2.31. The predicted molar refractivity (Wildman–Crippen MR) is 121 cm³/mol. The van der Waals surface area contributed by atoms with E-state index < -0.39 is 11.7 Å². The van der Waals surface area contributed by atoms with Crippen LogP contribution < -0.4 is 15.0 Å². The van der Waals surface area contributed by atoms with E-state index in [1.165, 1.54) is 0 Å². The molecule has 0 saturated heterocycles. The molecule has 3 aromatic rings. The van der Waals surface area contributed by atoms with Gasteiger partial charge < -0.3 is 15.0 Å². The highest BCUT2D eigenvalue weighted by atomic mass is 19.4. The molecule has 0 radical (unpaired) electrons. The Morgan fingerprint density at radius 3 is 2.31 bits per heavy atom. The quantitative estimate of drug-likeness (QED) is 0.386. The lowest BCUT2D eigenvalue weighted by atomic mass is 10.1. The number of hydrogen-bond donors (Lipinski definition) is 1. The van der Waals surface area contributed by atoms with Crippen LogP contribution in [0.25, 0.3) is 0 Å². The molecule has 1 aromatic heterocycles. The minimum atomic E-state index is -4.59. The maximum absolute atomic E-state index is 13.9. The number of benzene rings is 2. The van der Waals surface area contributed by atoms with E-state index in [0.29, 0.717) is 24.4 Å². The van der Waals surface area contributed by atoms with Crippen molar-refractivity contribution in [1.29, 1.82) is 0 Å². The van der Waals surface area contributed by atoms with Gasteiger partial charge in [0.15, 0.2) is 5.82 Å². The van der Waals surface area contributed by atoms with Gasteiger partial charge in [0.2, 0.25) is 5.95 Å². The fourth-order valence-electron chi connectivity index (χ4n) is 3.16. The van der Waals surface area contributed by atoms with Crippen LogP contribution in [0, 0.1) is 0 Å². The molecular weight excluding hydrogens is 417 g/mol. The first kappa shape index (κ1) is 23.4. The summed E-state index contributed by atoms with van der Waals surface area (Å²) >= 11 is 0. The third-order valence-corrected chi connectivity index (χ3v) is 4.95. The lowest BCUT2D eigenvalue weighted by Gasteiger charge is -2.31. The van der Waals surface area contributed by atoms with E-state index in [2.05, 4.69) is 15.3 Å². The number of ether oxygens (including phenoxy) is 1. The van der Waals surface area contributed by atoms with Crippen LogP contribution in [0.2, 0.25) is 0 Å². The Labute approximate surface area is 186 Å². The number of nitrogens with one attached hydrogen (secondary N) is 1. The molecule has 0 spiro atoms. The summed E-state index contributed by atoms with van der Waals surface area (Å²) in [5.41, 5.74) is 0.402. The smallest absolute Gasteiger partial charge is 0.421 e. The Bertz CT molecular complexity index is 994. The number of hydrogen-bond acceptors (Lipinski definition) is 5. The Morgan fingerprint density at radius 2 is 1.72 bits per heavy atom. The molecule has 0 amide bonds. The largest absolute Gasteiger partial charge is 0.494 e. The van der Waals surface area contributed by atoms with Crippen LogP contribution in [0.15, 0.2) is 60.8 Å². The molecule has 2 aromatic carbocycles. The van der Waals surface area contributed by atoms with Crippen molar-refractivity contribution in [3.05, 3.63) is 66.4 Å². The Morgan fingerprint density at radius 1 is 1.03 bits per heavy atom. The summed E-state index contributed by atoms with van der Waals surface area (Å²) in [7, 11) is 0. The second-order valence-electron chi connectivity index (χ2n) is 7.39. The van der Waals surface area contributed by atoms with Gasteiger partial charge >= 0.3 is 6.18 Å². The molecule has 0 bridgehead atoms. The minimum Gasteiger partial charge on any atom is -0.494 e. The second kappa shape index (κ2) is 10.3. The number of nitrogens with zero attached hydrogens (tertiary/aromatic N) is 3. The van der Waals surface area contributed by atoms with Crippen molar-refractivity contribution in [2.75, 3.05) is 16.8 Å². The van der Waals surface area contributed by atoms with Gasteiger partial charge in [-0.25, -0.2) is 4.98 Å². The zero-order valence-corrected chi connectivity index (χ0v) is 18.4. The molecule has 1 atom stereocenters. The van der Waals surface area contributed by atoms with Crippen LogP contribution in [0.4, 0.5) is 36.3 Å². The molecule has 1 N–H and O–H groups in total. The van der Waals surface area contributed by atoms with Crippen molar-refractivity contribution in [1.82, 2.24) is 9.97 Å². The summed E-state index contributed by atoms with van der Waals surface area (Å²) < 4.78 is 47.1. The average Bonchev–Trinajstić information content (AvgIpc) is 2.79. The van der Waals surface area contributed by atoms with E-state index in [1.54, 1.807) is 53.4 Å². The third-order valence-electron chi connectivity index (χ3n) is 4.95. The molecule has 1 unspecified atom stereocenters. The summed E-state index contributed by atoms with van der Waals surface area (Å²) in [6.45, 7) is 6.43. The zero-order valence-electron chi connectivity index (χ0n) is 18.4. The number of anilines is 4. The first-order valence-corrected chi connectivity index (χ1v) is 10.6. The van der Waals surface area contributed by atoms with Gasteiger partial charge in [0.05, 0.1) is 6.61 Å². The summed E-state index contributed by atoms with van der Waals surface area (Å²) in [5.74, 6) is 0.622. The van der Waals surface area contributed by atoms with Gasteiger partial charge in [0.1, 0.15) is 11.3 Å². The van der Waals surface area contributed by atoms with E-state index >= 15 is 0 Å². The summed E-state index contributed by atoms with van der Waals surface area (Å²) in [5, 5.41) is 3.00. The monoisotopic (exact) mass is 444 g/mol. The van der Waals surface area contributed by atoms with E-state index in [4.69, 9.17) is 4.74 Å². The van der Waals surface area contributed by atoms with E-state index in [0.717, 1.165) is 18.4 Å². The Kier molecular flexibility index (Phi) is 7.56. The molecule has 3 rings (SSSR count). The maximum atomic E-state index is 13.9. The van der Waals surface area contributed by atoms with Crippen molar-refractivity contribution in [2.24, 2.45) is 0 Å². The first-order valence-electron chi connectivity index (χ1n) is 10.6. The minimum absolute atomic E-state index is 0.0828. The third kappa shape index (κ3) is 5.69. The first-order chi connectivity index (χ1) is 15.3. The topological polar surface area (TPSA) is 50.3 Å². The van der Waals surface area contributed by atoms with Gasteiger partial charge in [-0.1, -0.05) is 32.0 Å². The maximum Gasteiger partial charge on any atom is 0.421 e. The number of halogens is 3. The fraction of sp³-hybridized carbons (Fsp3) is 0.333. The fourth-order valence-corrected chi connectivity index (χ4v) is 3.16. The number of alkyl halides is 3. The van der Waals surface area contributed by atoms with Gasteiger partial charge in [-0.2, -0.15) is 18.2 Å². The molecule has 0 fully saturated rings. The van der Waals surface area contributed by atoms with Crippen molar-refractivity contribution >= 4 is 23.1 Å². The average molecular weight is 445 g/mol. The van der Waals surface area contributed by atoms with Gasteiger partial charge in [-0.3, -0.25) is 0 Å². The van der Waals surface area contributed by atoms with Crippen LogP contribution in [-0.4, -0.2) is 22.6 Å². The SMILES string of the molecule is CCCOc1ccc(Nc2ncc(C(F)(F)F)c(N(c3ccccc3)C(C)CC)n2)cc1. The van der Waals surface area contributed by atoms with Gasteiger partial charge in [-0.15, -0.1) is 0 Å². The molecule has 8 heteroatoms. The lowest BCUT2D eigenvalue weighted by molar-refractivity contribution is -0.137. The standard InChI is InChI=1S/C24H27F3N4O/c1-4-15-32-20-13-11-18(12-14-20)29-23-28-16-21(24(25,26)27)22(30-23)31(17(3)5-2)19-9-7-6-8-10-19/h6-14,16-17H,4-5,15H2,1-3H3,(H,28,29,30). The van der Waals surface area contributed by atoms with Crippen molar-refractivity contribution in [3.63, 3.8) is 0 Å². The molecule has 0 aliphatic rings. The van der Waals surface area contributed by atoms with Crippen LogP contribution >= 0.6 is 0 Å². The number of aromatic nitrogens is 2. The van der Waals surface area contributed by atoms with Crippen molar-refractivity contribution in [2.45, 2.75) is 45.8 Å². The van der Waals surface area contributed by atoms with Gasteiger partial charge in [-0.05, 0) is 56.2 Å². The molecule has 5 nitrogen and oxygen atoms in total. The molecular formula is C24H27F3N4O. The molecule has 1 heterocycles. The second-order valence-corrected chi connectivity index (χ2v) is 7.39. The van der Waals surface area contributed by atoms with Gasteiger partial charge in [0, 0.05) is 23.6 Å². The molecule has 170 valence electrons. The molecule has 0 aliphatic carbocycles. The van der Waals surface area contributed by atoms with Gasteiger partial charge in [0.25, 0.3) is 0 Å². The Balaban J connectivity index is 1.99. The van der Waals surface area contributed by atoms with E-state index in [-0.39, 0.29) is 17.8 Å². The predicted octanol–water partition coefficient (Wildman–Crippen LogP) is 6.96. The van der Waals surface area contributed by atoms with Crippen LogP contribution in [0.5, 0.6) is 5.75 Å². The van der Waals surface area contributed by atoms with Crippen LogP contribution in [-0.2, 0) is 6.18 Å². The summed E-state index contributed by atoms with van der Waals surface area (Å²) in [4.78, 5) is 9.85. The van der Waals surface area contributed by atoms with Crippen molar-refractivity contribution < 1.29 is 17.9 Å². The van der Waals surface area contributed by atoms with Crippen molar-refractivity contribution in [3.8, 4) is 5.75 Å². The molecule has 32 heavy (non-hydrogen) atoms. The highest BCUT2D eigenvalue weighted by Gasteiger charge is 2.38. The summed E-state index contributed by atoms with van der Waals surface area (Å²) in [6, 6.07) is 15.9. The van der Waals surface area contributed by atoms with Crippen LogP contribution in [0.3, 0.4) is 0 Å². The number of rotatable bonds is 9. The summed E-state index contributed by atoms with van der Waals surface area (Å²) in [6.07, 6.45) is -2.22. The van der Waals surface area contributed by atoms with E-state index in [1.807, 2.05) is 26.8 Å². The Hall–Kier alpha value is -3.29. The van der Waals surface area contributed by atoms with E-state index in [9.17, 15) is 13.2 Å². The number of para-hydroxylation sites is 1. The highest BCUT2D eigenvalue weighted by Crippen LogP contribution is 2.39. The molecule has 0 saturated carbocycles. The van der Waals surface area contributed by atoms with Crippen LogP contribution in [0.1, 0.15) is 39.2 Å². The zero-order chi connectivity index (χ0) is 23.1. The normalized spacial score (nSPS) is 12.3.